The molecule has 6 atom stereocenters. The molecule has 10 heteroatoms. The van der Waals surface area contributed by atoms with Crippen molar-refractivity contribution in [1.82, 2.24) is 4.90 Å². The fourth-order valence-corrected chi connectivity index (χ4v) is 9.47. The number of hydrogen-bond acceptors (Lipinski definition) is 7. The van der Waals surface area contributed by atoms with E-state index in [1.807, 2.05) is 54.6 Å². The monoisotopic (exact) mass is 716 g/mol. The van der Waals surface area contributed by atoms with E-state index in [1.165, 1.54) is 9.80 Å². The van der Waals surface area contributed by atoms with Gasteiger partial charge in [-0.15, -0.1) is 0 Å². The van der Waals surface area contributed by atoms with Gasteiger partial charge in [0.25, 0.3) is 0 Å². The smallest absolute Gasteiger partial charge is 0.246 e. The third-order valence-corrected chi connectivity index (χ3v) is 11.6. The van der Waals surface area contributed by atoms with Gasteiger partial charge < -0.3 is 14.9 Å². The molecule has 2 aliphatic heterocycles. The van der Waals surface area contributed by atoms with Crippen LogP contribution in [0.15, 0.2) is 115 Å². The van der Waals surface area contributed by atoms with Crippen LogP contribution in [0.4, 0.5) is 5.69 Å². The van der Waals surface area contributed by atoms with E-state index in [1.54, 1.807) is 54.6 Å². The van der Waals surface area contributed by atoms with Crippen molar-refractivity contribution in [2.75, 3.05) is 24.7 Å². The Morgan fingerprint density at radius 2 is 1.58 bits per heavy atom. The Kier molecular flexibility index (Phi) is 8.71. The first-order chi connectivity index (χ1) is 25.2. The Balaban J connectivity index is 1.29. The molecule has 4 amide bonds. The maximum atomic E-state index is 15.4. The highest BCUT2D eigenvalue weighted by Gasteiger charge is 2.70. The van der Waals surface area contributed by atoms with Crippen LogP contribution in [0.1, 0.15) is 35.4 Å². The third-order valence-electron chi connectivity index (χ3n) is 11.4. The quantitative estimate of drug-likeness (QED) is 0.165. The second-order valence-electron chi connectivity index (χ2n) is 13.9. The van der Waals surface area contributed by atoms with Crippen molar-refractivity contribution in [3.8, 4) is 11.5 Å². The topological polar surface area (TPSA) is 124 Å². The van der Waals surface area contributed by atoms with Crippen molar-refractivity contribution >= 4 is 40.9 Å². The van der Waals surface area contributed by atoms with Crippen LogP contribution in [-0.2, 0) is 31.0 Å². The van der Waals surface area contributed by atoms with Gasteiger partial charge in [-0.2, -0.15) is 0 Å². The standard InChI is InChI=1S/C42H37ClN2O7/c43-27-9-6-10-28(23-27)45-39(49)34-24-33-30(17-18-32-36(33)40(50)44(38(32)48)20-19-25-13-15-29(47)16-14-25)37(31-11-4-5-12-35(31)52-22-21-46)42(34,41(45)51)26-7-2-1-3-8-26/h1-17,23,32-34,36-37,46-47H,18-22,24H2/t32-,33+,34-,36-,37+,42+/m0/s1. The number of anilines is 1. The normalized spacial score (nSPS) is 26.6. The summed E-state index contributed by atoms with van der Waals surface area (Å²) in [6, 6.07) is 30.1. The van der Waals surface area contributed by atoms with E-state index in [4.69, 9.17) is 16.3 Å². The van der Waals surface area contributed by atoms with E-state index < -0.39 is 46.8 Å². The van der Waals surface area contributed by atoms with Gasteiger partial charge in [0.2, 0.25) is 23.6 Å². The first-order valence-corrected chi connectivity index (χ1v) is 18.0. The van der Waals surface area contributed by atoms with Crippen molar-refractivity contribution in [1.29, 1.82) is 0 Å². The lowest BCUT2D eigenvalue weighted by molar-refractivity contribution is -0.140. The molecular weight excluding hydrogens is 680 g/mol. The summed E-state index contributed by atoms with van der Waals surface area (Å²) >= 11 is 6.41. The lowest BCUT2D eigenvalue weighted by Crippen LogP contribution is -2.53. The molecule has 0 spiro atoms. The van der Waals surface area contributed by atoms with Crippen LogP contribution in [0.2, 0.25) is 5.02 Å². The Morgan fingerprint density at radius 1 is 0.827 bits per heavy atom. The highest BCUT2D eigenvalue weighted by Crippen LogP contribution is 2.65. The number of carbonyl (C=O) groups is 4. The lowest BCUT2D eigenvalue weighted by atomic mass is 9.49. The van der Waals surface area contributed by atoms with Gasteiger partial charge in [0, 0.05) is 23.0 Å². The fourth-order valence-electron chi connectivity index (χ4n) is 9.28. The Morgan fingerprint density at radius 3 is 2.33 bits per heavy atom. The number of aromatic hydroxyl groups is 1. The van der Waals surface area contributed by atoms with E-state index in [-0.39, 0.29) is 43.7 Å². The van der Waals surface area contributed by atoms with Crippen molar-refractivity contribution in [2.45, 2.75) is 30.6 Å². The number of aliphatic hydroxyl groups is 1. The number of aliphatic hydroxyl groups excluding tert-OH is 1. The molecular formula is C42H37ClN2O7. The van der Waals surface area contributed by atoms with E-state index in [2.05, 4.69) is 0 Å². The minimum Gasteiger partial charge on any atom is -0.508 e. The summed E-state index contributed by atoms with van der Waals surface area (Å²) in [5.74, 6) is -4.16. The molecule has 4 aliphatic rings. The van der Waals surface area contributed by atoms with E-state index in [0.717, 1.165) is 11.1 Å². The Labute approximate surface area is 306 Å². The number of ether oxygens (including phenoxy) is 1. The van der Waals surface area contributed by atoms with Crippen LogP contribution < -0.4 is 9.64 Å². The fraction of sp³-hybridized carbons (Fsp3) is 0.286. The number of phenols is 1. The van der Waals surface area contributed by atoms with Gasteiger partial charge in [0.1, 0.15) is 18.1 Å². The molecule has 2 N–H and O–H groups in total. The van der Waals surface area contributed by atoms with E-state index >= 15 is 4.79 Å². The molecule has 1 saturated carbocycles. The molecule has 4 aromatic rings. The van der Waals surface area contributed by atoms with Crippen molar-refractivity contribution in [3.05, 3.63) is 136 Å². The molecule has 52 heavy (non-hydrogen) atoms. The number of phenolic OH excluding ortho intramolecular Hbond substituents is 1. The van der Waals surface area contributed by atoms with Gasteiger partial charge in [-0.1, -0.05) is 90.0 Å². The molecule has 0 bridgehead atoms. The van der Waals surface area contributed by atoms with Gasteiger partial charge in [-0.3, -0.25) is 24.1 Å². The molecule has 0 unspecified atom stereocenters. The first kappa shape index (κ1) is 33.9. The Hall–Kier alpha value is -5.25. The maximum Gasteiger partial charge on any atom is 0.246 e. The van der Waals surface area contributed by atoms with Gasteiger partial charge in [0.05, 0.1) is 35.5 Å². The van der Waals surface area contributed by atoms with Crippen LogP contribution in [0, 0.1) is 23.7 Å². The van der Waals surface area contributed by atoms with Gasteiger partial charge >= 0.3 is 0 Å². The molecule has 4 aromatic carbocycles. The van der Waals surface area contributed by atoms with Crippen molar-refractivity contribution in [3.63, 3.8) is 0 Å². The van der Waals surface area contributed by atoms with Crippen LogP contribution in [0.25, 0.3) is 0 Å². The van der Waals surface area contributed by atoms with Crippen molar-refractivity contribution < 1.29 is 34.1 Å². The summed E-state index contributed by atoms with van der Waals surface area (Å²) in [5.41, 5.74) is 1.96. The number of allylic oxidation sites excluding steroid dienone is 2. The van der Waals surface area contributed by atoms with Crippen LogP contribution in [0.3, 0.4) is 0 Å². The number of carbonyl (C=O) groups excluding carboxylic acids is 4. The average molecular weight is 717 g/mol. The zero-order valence-corrected chi connectivity index (χ0v) is 29.0. The minimum atomic E-state index is -1.43. The number of nitrogens with zero attached hydrogens (tertiary/aromatic N) is 2. The maximum absolute atomic E-state index is 15.4. The number of para-hydroxylation sites is 1. The van der Waals surface area contributed by atoms with Crippen molar-refractivity contribution in [2.24, 2.45) is 23.7 Å². The highest BCUT2D eigenvalue weighted by molar-refractivity contribution is 6.32. The summed E-state index contributed by atoms with van der Waals surface area (Å²) in [5, 5.41) is 19.8. The predicted octanol–water partition coefficient (Wildman–Crippen LogP) is 5.82. The van der Waals surface area contributed by atoms with Crippen LogP contribution >= 0.6 is 11.6 Å². The SMILES string of the molecule is O=C1[C@H]2[C@H](CC=C3[C@H]2C[C@H]2C(=O)N(c4cccc(Cl)c4)C(=O)[C@@]2(c2ccccc2)[C@H]3c2ccccc2OCCO)C(=O)N1CCc1ccc(O)cc1. The largest absolute Gasteiger partial charge is 0.508 e. The van der Waals surface area contributed by atoms with E-state index in [0.29, 0.717) is 40.4 Å². The summed E-state index contributed by atoms with van der Waals surface area (Å²) in [6.07, 6.45) is 2.95. The summed E-state index contributed by atoms with van der Waals surface area (Å²) in [7, 11) is 0. The number of hydrogen-bond donors (Lipinski definition) is 2. The van der Waals surface area contributed by atoms with Gasteiger partial charge in [-0.05, 0) is 72.7 Å². The number of amides is 4. The molecule has 2 heterocycles. The summed E-state index contributed by atoms with van der Waals surface area (Å²) in [6.45, 7) is -0.0175. The highest BCUT2D eigenvalue weighted by atomic mass is 35.5. The number of benzene rings is 4. The van der Waals surface area contributed by atoms with Crippen LogP contribution in [-0.4, -0.2) is 58.5 Å². The molecule has 3 fully saturated rings. The molecule has 264 valence electrons. The molecule has 8 rings (SSSR count). The average Bonchev–Trinajstić information content (AvgIpc) is 3.54. The minimum absolute atomic E-state index is 0.0170. The number of rotatable bonds is 9. The molecule has 0 radical (unpaired) electrons. The lowest BCUT2D eigenvalue weighted by Gasteiger charge is -2.51. The molecule has 9 nitrogen and oxygen atoms in total. The molecule has 2 saturated heterocycles. The van der Waals surface area contributed by atoms with Gasteiger partial charge in [-0.25, -0.2) is 4.90 Å². The second kappa shape index (κ2) is 13.4. The second-order valence-corrected chi connectivity index (χ2v) is 14.4. The molecule has 2 aliphatic carbocycles. The zero-order valence-electron chi connectivity index (χ0n) is 28.2. The predicted molar refractivity (Wildman–Crippen MR) is 194 cm³/mol. The Bertz CT molecular complexity index is 2100. The van der Waals surface area contributed by atoms with Gasteiger partial charge in [0.15, 0.2) is 0 Å². The third kappa shape index (κ3) is 5.25. The molecule has 0 aromatic heterocycles. The summed E-state index contributed by atoms with van der Waals surface area (Å²) in [4.78, 5) is 61.4. The number of likely N-dealkylation sites (tertiary alicyclic amines) is 1. The summed E-state index contributed by atoms with van der Waals surface area (Å²) < 4.78 is 6.11. The van der Waals surface area contributed by atoms with E-state index in [9.17, 15) is 24.6 Å². The number of halogens is 1. The zero-order chi connectivity index (χ0) is 36.1. The van der Waals surface area contributed by atoms with Crippen LogP contribution in [0.5, 0.6) is 11.5 Å². The number of imide groups is 2. The first-order valence-electron chi connectivity index (χ1n) is 17.6. The number of fused-ring (bicyclic) bond motifs is 4.